The largest absolute Gasteiger partial charge is 0.314 e. The molecule has 2 nitrogen and oxygen atoms in total. The lowest BCUT2D eigenvalue weighted by Crippen LogP contribution is -2.31. The Morgan fingerprint density at radius 1 is 1.40 bits per heavy atom. The molecule has 1 N–H and O–H groups in total. The van der Waals surface area contributed by atoms with Crippen LogP contribution in [-0.4, -0.2) is 17.6 Å². The highest BCUT2D eigenvalue weighted by Gasteiger charge is 2.14. The van der Waals surface area contributed by atoms with Crippen LogP contribution in [0.15, 0.2) is 18.3 Å². The van der Waals surface area contributed by atoms with Crippen molar-refractivity contribution in [2.45, 2.75) is 39.2 Å². The van der Waals surface area contributed by atoms with Crippen LogP contribution in [0.3, 0.4) is 0 Å². The van der Waals surface area contributed by atoms with Crippen LogP contribution in [0.25, 0.3) is 0 Å². The first kappa shape index (κ1) is 12.1. The first-order valence-corrected chi connectivity index (χ1v) is 5.50. The average molecular weight is 210 g/mol. The van der Waals surface area contributed by atoms with E-state index in [1.54, 1.807) is 6.07 Å². The van der Waals surface area contributed by atoms with E-state index in [9.17, 15) is 4.39 Å². The molecule has 0 bridgehead atoms. The van der Waals surface area contributed by atoms with Crippen molar-refractivity contribution in [1.82, 2.24) is 10.3 Å². The molecule has 0 aliphatic carbocycles. The van der Waals surface area contributed by atoms with Crippen LogP contribution in [0.2, 0.25) is 0 Å². The van der Waals surface area contributed by atoms with Gasteiger partial charge in [-0.2, -0.15) is 0 Å². The van der Waals surface area contributed by atoms with Gasteiger partial charge in [0.15, 0.2) is 0 Å². The predicted molar refractivity (Wildman–Crippen MR) is 60.4 cm³/mol. The van der Waals surface area contributed by atoms with Gasteiger partial charge in [0.2, 0.25) is 0 Å². The standard InChI is InChI=1S/C12H19FN2/c1-4-7-14-10(3)9(2)12-6-5-11(13)8-15-12/h5-6,8-10,14H,4,7H2,1-3H3. The second-order valence-corrected chi connectivity index (χ2v) is 3.93. The quantitative estimate of drug-likeness (QED) is 0.808. The summed E-state index contributed by atoms with van der Waals surface area (Å²) in [6.45, 7) is 7.38. The minimum Gasteiger partial charge on any atom is -0.314 e. The molecule has 2 unspecified atom stereocenters. The molecular formula is C12H19FN2. The topological polar surface area (TPSA) is 24.9 Å². The number of aromatic nitrogens is 1. The van der Waals surface area contributed by atoms with E-state index in [0.717, 1.165) is 18.7 Å². The van der Waals surface area contributed by atoms with Crippen molar-refractivity contribution in [3.63, 3.8) is 0 Å². The Balaban J connectivity index is 2.59. The molecular weight excluding hydrogens is 191 g/mol. The van der Waals surface area contributed by atoms with E-state index in [2.05, 4.69) is 31.1 Å². The third kappa shape index (κ3) is 3.59. The maximum Gasteiger partial charge on any atom is 0.141 e. The molecule has 2 atom stereocenters. The highest BCUT2D eigenvalue weighted by molar-refractivity contribution is 5.11. The summed E-state index contributed by atoms with van der Waals surface area (Å²) in [6.07, 6.45) is 2.40. The Hall–Kier alpha value is -0.960. The summed E-state index contributed by atoms with van der Waals surface area (Å²) in [5.41, 5.74) is 0.938. The van der Waals surface area contributed by atoms with Gasteiger partial charge in [0, 0.05) is 17.7 Å². The van der Waals surface area contributed by atoms with Gasteiger partial charge in [0.05, 0.1) is 6.20 Å². The van der Waals surface area contributed by atoms with Crippen LogP contribution < -0.4 is 5.32 Å². The molecule has 0 spiro atoms. The Morgan fingerprint density at radius 2 is 2.13 bits per heavy atom. The second kappa shape index (κ2) is 5.81. The number of hydrogen-bond acceptors (Lipinski definition) is 2. The minimum absolute atomic E-state index is 0.278. The maximum absolute atomic E-state index is 12.7. The number of nitrogens with one attached hydrogen (secondary N) is 1. The molecule has 0 aromatic carbocycles. The van der Waals surface area contributed by atoms with Gasteiger partial charge in [-0.15, -0.1) is 0 Å². The lowest BCUT2D eigenvalue weighted by atomic mass is 9.99. The Kier molecular flexibility index (Phi) is 4.69. The van der Waals surface area contributed by atoms with Crippen molar-refractivity contribution in [3.8, 4) is 0 Å². The van der Waals surface area contributed by atoms with Crippen molar-refractivity contribution in [2.75, 3.05) is 6.54 Å². The third-order valence-electron chi connectivity index (χ3n) is 2.68. The van der Waals surface area contributed by atoms with Crippen LogP contribution in [0, 0.1) is 5.82 Å². The van der Waals surface area contributed by atoms with Crippen LogP contribution in [0.5, 0.6) is 0 Å². The molecule has 15 heavy (non-hydrogen) atoms. The highest BCUT2D eigenvalue weighted by Crippen LogP contribution is 2.16. The molecule has 1 rings (SSSR count). The van der Waals surface area contributed by atoms with E-state index in [-0.39, 0.29) is 5.82 Å². The molecule has 0 aliphatic heterocycles. The summed E-state index contributed by atoms with van der Waals surface area (Å²) in [6, 6.07) is 3.58. The average Bonchev–Trinajstić information content (AvgIpc) is 2.26. The monoisotopic (exact) mass is 210 g/mol. The number of nitrogens with zero attached hydrogens (tertiary/aromatic N) is 1. The van der Waals surface area contributed by atoms with Gasteiger partial charge in [0.25, 0.3) is 0 Å². The normalized spacial score (nSPS) is 14.9. The summed E-state index contributed by atoms with van der Waals surface area (Å²) >= 11 is 0. The zero-order valence-electron chi connectivity index (χ0n) is 9.63. The van der Waals surface area contributed by atoms with Crippen molar-refractivity contribution in [1.29, 1.82) is 0 Å². The van der Waals surface area contributed by atoms with Gasteiger partial charge in [-0.3, -0.25) is 4.98 Å². The zero-order valence-corrected chi connectivity index (χ0v) is 9.63. The van der Waals surface area contributed by atoms with Gasteiger partial charge in [0.1, 0.15) is 5.82 Å². The molecule has 3 heteroatoms. The fraction of sp³-hybridized carbons (Fsp3) is 0.583. The first-order valence-electron chi connectivity index (χ1n) is 5.50. The van der Waals surface area contributed by atoms with Crippen LogP contribution in [-0.2, 0) is 0 Å². The fourth-order valence-electron chi connectivity index (χ4n) is 1.46. The van der Waals surface area contributed by atoms with Crippen molar-refractivity contribution in [3.05, 3.63) is 29.8 Å². The molecule has 0 radical (unpaired) electrons. The first-order chi connectivity index (χ1) is 7.15. The molecule has 84 valence electrons. The zero-order chi connectivity index (χ0) is 11.3. The fourth-order valence-corrected chi connectivity index (χ4v) is 1.46. The van der Waals surface area contributed by atoms with Crippen LogP contribution in [0.4, 0.5) is 4.39 Å². The van der Waals surface area contributed by atoms with E-state index in [0.29, 0.717) is 12.0 Å². The smallest absolute Gasteiger partial charge is 0.141 e. The van der Waals surface area contributed by atoms with Gasteiger partial charge in [-0.1, -0.05) is 13.8 Å². The van der Waals surface area contributed by atoms with Crippen LogP contribution >= 0.6 is 0 Å². The number of rotatable bonds is 5. The molecule has 1 aromatic heterocycles. The van der Waals surface area contributed by atoms with Gasteiger partial charge >= 0.3 is 0 Å². The number of hydrogen-bond donors (Lipinski definition) is 1. The summed E-state index contributed by atoms with van der Waals surface area (Å²) in [5, 5.41) is 3.41. The van der Waals surface area contributed by atoms with Gasteiger partial charge in [-0.05, 0) is 32.0 Å². The van der Waals surface area contributed by atoms with E-state index < -0.39 is 0 Å². The summed E-state index contributed by atoms with van der Waals surface area (Å²) < 4.78 is 12.7. The SMILES string of the molecule is CCCNC(C)C(C)c1ccc(F)cn1. The van der Waals surface area contributed by atoms with Crippen molar-refractivity contribution in [2.24, 2.45) is 0 Å². The van der Waals surface area contributed by atoms with Gasteiger partial charge < -0.3 is 5.32 Å². The Bertz CT molecular complexity index is 284. The molecule has 1 aromatic rings. The van der Waals surface area contributed by atoms with E-state index in [1.807, 2.05) is 0 Å². The van der Waals surface area contributed by atoms with Crippen molar-refractivity contribution < 1.29 is 4.39 Å². The van der Waals surface area contributed by atoms with Crippen LogP contribution in [0.1, 0.15) is 38.8 Å². The number of pyridine rings is 1. The third-order valence-corrected chi connectivity index (χ3v) is 2.68. The van der Waals surface area contributed by atoms with Gasteiger partial charge in [-0.25, -0.2) is 4.39 Å². The highest BCUT2D eigenvalue weighted by atomic mass is 19.1. The molecule has 0 saturated carbocycles. The minimum atomic E-state index is -0.278. The molecule has 0 aliphatic rings. The van der Waals surface area contributed by atoms with Crippen molar-refractivity contribution >= 4 is 0 Å². The Morgan fingerprint density at radius 3 is 2.67 bits per heavy atom. The molecule has 0 fully saturated rings. The van der Waals surface area contributed by atoms with E-state index in [4.69, 9.17) is 0 Å². The van der Waals surface area contributed by atoms with E-state index >= 15 is 0 Å². The summed E-state index contributed by atoms with van der Waals surface area (Å²) in [4.78, 5) is 4.09. The molecule has 0 saturated heterocycles. The second-order valence-electron chi connectivity index (χ2n) is 3.93. The maximum atomic E-state index is 12.7. The Labute approximate surface area is 90.9 Å². The van der Waals surface area contributed by atoms with E-state index in [1.165, 1.54) is 12.3 Å². The summed E-state index contributed by atoms with van der Waals surface area (Å²) in [7, 11) is 0. The number of halogens is 1. The molecule has 0 amide bonds. The lowest BCUT2D eigenvalue weighted by Gasteiger charge is -2.20. The predicted octanol–water partition coefficient (Wildman–Crippen LogP) is 2.71. The summed E-state index contributed by atoms with van der Waals surface area (Å²) in [5.74, 6) is 0.0253. The lowest BCUT2D eigenvalue weighted by molar-refractivity contribution is 0.473. The molecule has 1 heterocycles.